The number of nitrogens with one attached hydrogen (secondary N) is 1. The van der Waals surface area contributed by atoms with Crippen molar-refractivity contribution in [2.75, 3.05) is 12.0 Å². The predicted molar refractivity (Wildman–Crippen MR) is 77.9 cm³/mol. The van der Waals surface area contributed by atoms with Crippen molar-refractivity contribution < 1.29 is 4.39 Å². The van der Waals surface area contributed by atoms with E-state index in [0.29, 0.717) is 9.24 Å². The number of hydrogen-bond acceptors (Lipinski definition) is 2. The second-order valence-corrected chi connectivity index (χ2v) is 6.04. The Morgan fingerprint density at radius 2 is 2.29 bits per heavy atom. The van der Waals surface area contributed by atoms with E-state index in [2.05, 4.69) is 34.1 Å². The van der Waals surface area contributed by atoms with E-state index in [1.54, 1.807) is 17.8 Å². The lowest BCUT2D eigenvalue weighted by Gasteiger charge is -2.13. The quantitative estimate of drug-likeness (QED) is 0.832. The molecule has 1 N–H and O–H groups in total. The fraction of sp³-hybridized carbons (Fsp3) is 0.364. The molecule has 0 fully saturated rings. The van der Waals surface area contributed by atoms with Gasteiger partial charge in [-0.3, -0.25) is 0 Å². The molecule has 0 amide bonds. The van der Waals surface area contributed by atoms with Gasteiger partial charge in [0.2, 0.25) is 0 Å². The first-order valence-corrected chi connectivity index (χ1v) is 7.72. The molecule has 2 aromatic rings. The van der Waals surface area contributed by atoms with Crippen LogP contribution in [0.15, 0.2) is 16.6 Å². The van der Waals surface area contributed by atoms with Crippen molar-refractivity contribution in [3.8, 4) is 0 Å². The van der Waals surface area contributed by atoms with E-state index in [0.717, 1.165) is 16.8 Å². The molecule has 1 aromatic carbocycles. The van der Waals surface area contributed by atoms with Crippen LogP contribution in [0.1, 0.15) is 13.0 Å². The van der Waals surface area contributed by atoms with Gasteiger partial charge >= 0.3 is 0 Å². The zero-order valence-corrected chi connectivity index (χ0v) is 12.7. The van der Waals surface area contributed by atoms with E-state index in [4.69, 9.17) is 12.2 Å². The minimum absolute atomic E-state index is 0.279. The Balaban J connectivity index is 2.66. The third-order valence-electron chi connectivity index (χ3n) is 2.61. The van der Waals surface area contributed by atoms with Crippen LogP contribution in [0.2, 0.25) is 0 Å². The highest BCUT2D eigenvalue weighted by Gasteiger charge is 2.12. The monoisotopic (exact) mass is 334 g/mol. The Bertz CT molecular complexity index is 605. The number of aromatic nitrogens is 2. The summed E-state index contributed by atoms with van der Waals surface area (Å²) in [5.41, 5.74) is 1.67. The molecule has 17 heavy (non-hydrogen) atoms. The number of thioether (sulfide) groups is 1. The van der Waals surface area contributed by atoms with Crippen LogP contribution in [-0.2, 0) is 0 Å². The lowest BCUT2D eigenvalue weighted by Crippen LogP contribution is -2.07. The molecule has 1 atom stereocenters. The van der Waals surface area contributed by atoms with Crippen LogP contribution in [0, 0.1) is 10.6 Å². The Morgan fingerprint density at radius 1 is 1.59 bits per heavy atom. The van der Waals surface area contributed by atoms with Gasteiger partial charge in [-0.2, -0.15) is 11.8 Å². The summed E-state index contributed by atoms with van der Waals surface area (Å²) in [6.45, 7) is 2.11. The van der Waals surface area contributed by atoms with Crippen molar-refractivity contribution in [2.24, 2.45) is 0 Å². The summed E-state index contributed by atoms with van der Waals surface area (Å²) in [7, 11) is 0. The number of hydrogen-bond donors (Lipinski definition) is 1. The summed E-state index contributed by atoms with van der Waals surface area (Å²) in [5, 5.41) is 0. The third kappa shape index (κ3) is 2.44. The van der Waals surface area contributed by atoms with Crippen molar-refractivity contribution in [3.63, 3.8) is 0 Å². The maximum Gasteiger partial charge on any atom is 0.178 e. The van der Waals surface area contributed by atoms with E-state index in [9.17, 15) is 4.39 Å². The average Bonchev–Trinajstić information content (AvgIpc) is 2.55. The summed E-state index contributed by atoms with van der Waals surface area (Å²) in [4.78, 5) is 3.04. The number of rotatable bonds is 3. The van der Waals surface area contributed by atoms with Crippen molar-refractivity contribution in [2.45, 2.75) is 13.0 Å². The molecule has 0 bridgehead atoms. The molecule has 0 saturated carbocycles. The van der Waals surface area contributed by atoms with E-state index in [1.165, 1.54) is 6.07 Å². The summed E-state index contributed by atoms with van der Waals surface area (Å²) < 4.78 is 16.6. The number of H-pyrrole nitrogens is 1. The Hall–Kier alpha value is -0.330. The van der Waals surface area contributed by atoms with Gasteiger partial charge in [0.25, 0.3) is 0 Å². The van der Waals surface area contributed by atoms with Crippen LogP contribution >= 0.6 is 39.9 Å². The van der Waals surface area contributed by atoms with Gasteiger partial charge in [-0.25, -0.2) is 4.39 Å². The van der Waals surface area contributed by atoms with Gasteiger partial charge in [0, 0.05) is 17.9 Å². The van der Waals surface area contributed by atoms with Crippen molar-refractivity contribution in [3.05, 3.63) is 27.2 Å². The molecule has 2 rings (SSSR count). The first-order chi connectivity index (χ1) is 8.04. The zero-order chi connectivity index (χ0) is 12.6. The van der Waals surface area contributed by atoms with E-state index >= 15 is 0 Å². The highest BCUT2D eigenvalue weighted by molar-refractivity contribution is 9.10. The number of aromatic amines is 1. The van der Waals surface area contributed by atoms with Gasteiger partial charge in [0.1, 0.15) is 5.82 Å². The second kappa shape index (κ2) is 5.12. The fourth-order valence-corrected chi connectivity index (χ4v) is 3.22. The van der Waals surface area contributed by atoms with Gasteiger partial charge in [0.05, 0.1) is 15.5 Å². The van der Waals surface area contributed by atoms with Crippen molar-refractivity contribution in [1.82, 2.24) is 9.55 Å². The van der Waals surface area contributed by atoms with Gasteiger partial charge in [-0.1, -0.05) is 0 Å². The highest BCUT2D eigenvalue weighted by Crippen LogP contribution is 2.26. The third-order valence-corrected chi connectivity index (χ3v) is 4.33. The first-order valence-electron chi connectivity index (χ1n) is 5.12. The Labute approximate surface area is 117 Å². The molecule has 1 heterocycles. The van der Waals surface area contributed by atoms with Crippen molar-refractivity contribution in [1.29, 1.82) is 0 Å². The SMILES string of the molecule is CSCC(C)n1c(=S)[nH]c2cc(F)c(Br)cc21. The predicted octanol–water partition coefficient (Wildman–Crippen LogP) is 4.52. The van der Waals surface area contributed by atoms with E-state index < -0.39 is 0 Å². The van der Waals surface area contributed by atoms with Gasteiger partial charge in [-0.15, -0.1) is 0 Å². The van der Waals surface area contributed by atoms with Crippen LogP contribution < -0.4 is 0 Å². The lowest BCUT2D eigenvalue weighted by molar-refractivity contribution is 0.615. The average molecular weight is 335 g/mol. The van der Waals surface area contributed by atoms with Crippen LogP contribution in [0.5, 0.6) is 0 Å². The molecule has 6 heteroatoms. The molecule has 92 valence electrons. The molecule has 0 aliphatic rings. The molecule has 1 unspecified atom stereocenters. The molecule has 0 aliphatic heterocycles. The standard InChI is InChI=1S/C11H12BrFN2S2/c1-6(5-17-2)15-10-3-7(12)8(13)4-9(10)14-11(15)16/h3-4,6H,5H2,1-2H3,(H,14,16). The first kappa shape index (κ1) is 13.1. The zero-order valence-electron chi connectivity index (χ0n) is 9.46. The Kier molecular flexibility index (Phi) is 3.95. The summed E-state index contributed by atoms with van der Waals surface area (Å²) in [6.07, 6.45) is 2.06. The smallest absolute Gasteiger partial charge is 0.178 e. The summed E-state index contributed by atoms with van der Waals surface area (Å²) in [6, 6.07) is 3.52. The lowest BCUT2D eigenvalue weighted by atomic mass is 10.3. The second-order valence-electron chi connectivity index (χ2n) is 3.89. The van der Waals surface area contributed by atoms with Crippen molar-refractivity contribution >= 4 is 50.9 Å². The maximum absolute atomic E-state index is 13.4. The van der Waals surface area contributed by atoms with Gasteiger partial charge < -0.3 is 9.55 Å². The number of imidazole rings is 1. The topological polar surface area (TPSA) is 20.7 Å². The molecule has 0 saturated heterocycles. The van der Waals surface area contributed by atoms with E-state index in [-0.39, 0.29) is 11.9 Å². The summed E-state index contributed by atoms with van der Waals surface area (Å²) in [5.74, 6) is 0.689. The molecular weight excluding hydrogens is 323 g/mol. The highest BCUT2D eigenvalue weighted by atomic mass is 79.9. The molecular formula is C11H12BrFN2S2. The van der Waals surface area contributed by atoms with Crippen LogP contribution in [0.25, 0.3) is 11.0 Å². The molecule has 1 aromatic heterocycles. The minimum Gasteiger partial charge on any atom is -0.330 e. The number of halogens is 2. The Morgan fingerprint density at radius 3 is 2.94 bits per heavy atom. The normalized spacial score (nSPS) is 13.2. The fourth-order valence-electron chi connectivity index (χ4n) is 1.87. The van der Waals surface area contributed by atoms with Crippen LogP contribution in [0.3, 0.4) is 0 Å². The molecule has 0 radical (unpaired) electrons. The van der Waals surface area contributed by atoms with Gasteiger partial charge in [-0.05, 0) is 47.4 Å². The van der Waals surface area contributed by atoms with Crippen LogP contribution in [-0.4, -0.2) is 21.6 Å². The number of nitrogens with zero attached hydrogens (tertiary/aromatic N) is 1. The minimum atomic E-state index is -0.279. The summed E-state index contributed by atoms with van der Waals surface area (Å²) >= 11 is 10.3. The molecule has 0 aliphatic carbocycles. The molecule has 2 nitrogen and oxygen atoms in total. The number of fused-ring (bicyclic) bond motifs is 1. The van der Waals surface area contributed by atoms with Gasteiger partial charge in [0.15, 0.2) is 4.77 Å². The number of benzene rings is 1. The van der Waals surface area contributed by atoms with E-state index in [1.807, 2.05) is 4.57 Å². The largest absolute Gasteiger partial charge is 0.330 e. The van der Waals surface area contributed by atoms with Crippen LogP contribution in [0.4, 0.5) is 4.39 Å². The maximum atomic E-state index is 13.4. The molecule has 0 spiro atoms.